The Balaban J connectivity index is 1.70. The number of rotatable bonds is 5. The van der Waals surface area contributed by atoms with Crippen molar-refractivity contribution in [2.24, 2.45) is 0 Å². The summed E-state index contributed by atoms with van der Waals surface area (Å²) >= 11 is 0. The summed E-state index contributed by atoms with van der Waals surface area (Å²) in [7, 11) is 0. The second kappa shape index (κ2) is 8.99. The molecule has 0 spiro atoms. The number of halogens is 6. The number of aliphatic hydroxyl groups is 1. The van der Waals surface area contributed by atoms with Gasteiger partial charge in [-0.2, -0.15) is 26.3 Å². The van der Waals surface area contributed by atoms with E-state index in [1.54, 1.807) is 0 Å². The summed E-state index contributed by atoms with van der Waals surface area (Å²) in [5, 5.41) is 9.74. The average Bonchev–Trinajstić information content (AvgIpc) is 3.15. The van der Waals surface area contributed by atoms with Gasteiger partial charge in [-0.3, -0.25) is 4.90 Å². The van der Waals surface area contributed by atoms with Crippen LogP contribution in [0.4, 0.5) is 26.3 Å². The van der Waals surface area contributed by atoms with Crippen LogP contribution in [-0.2, 0) is 17.6 Å². The van der Waals surface area contributed by atoms with E-state index in [-0.39, 0.29) is 5.92 Å². The molecule has 1 aliphatic heterocycles. The molecule has 0 radical (unpaired) electrons. The van der Waals surface area contributed by atoms with Gasteiger partial charge >= 0.3 is 12.4 Å². The van der Waals surface area contributed by atoms with Gasteiger partial charge in [0, 0.05) is 36.5 Å². The highest BCUT2D eigenvalue weighted by atomic mass is 19.4. The van der Waals surface area contributed by atoms with E-state index in [0.29, 0.717) is 25.2 Å². The number of hydrogen-bond donors (Lipinski definition) is 1. The minimum atomic E-state index is -5.91. The molecule has 3 aromatic rings. The first-order chi connectivity index (χ1) is 16.4. The zero-order chi connectivity index (χ0) is 25.5. The van der Waals surface area contributed by atoms with Crippen molar-refractivity contribution >= 4 is 0 Å². The Morgan fingerprint density at radius 3 is 1.83 bits per heavy atom. The Labute approximate surface area is 199 Å². The number of hydrogen-bond acceptors (Lipinski definition) is 2. The molecule has 0 unspecified atom stereocenters. The van der Waals surface area contributed by atoms with Crippen LogP contribution in [0.25, 0.3) is 0 Å². The van der Waals surface area contributed by atoms with E-state index in [2.05, 4.69) is 11.8 Å². The Hall–Kier alpha value is -2.84. The fraction of sp³-hybridized carbons (Fsp3) is 0.333. The number of alkyl halides is 6. The lowest BCUT2D eigenvalue weighted by Gasteiger charge is -2.34. The molecule has 0 saturated carbocycles. The molecule has 0 bridgehead atoms. The molecule has 1 aliphatic rings. The predicted octanol–water partition coefficient (Wildman–Crippen LogP) is 6.56. The van der Waals surface area contributed by atoms with Crippen molar-refractivity contribution in [3.8, 4) is 0 Å². The molecular weight excluding hydrogens is 468 g/mol. The second-order valence-corrected chi connectivity index (χ2v) is 9.32. The lowest BCUT2D eigenvalue weighted by molar-refractivity contribution is -0.376. The SMILES string of the molecule is C[C@]1(c2ccccc2)CN(Cc2ccccc2)C[C@H]1c1ccc(C(O)(C(F)(F)F)C(F)(F)F)cc1. The average molecular weight is 493 g/mol. The van der Waals surface area contributed by atoms with Crippen LogP contribution in [0.1, 0.15) is 35.1 Å². The highest BCUT2D eigenvalue weighted by Gasteiger charge is 2.71. The fourth-order valence-corrected chi connectivity index (χ4v) is 5.09. The highest BCUT2D eigenvalue weighted by molar-refractivity contribution is 5.39. The second-order valence-electron chi connectivity index (χ2n) is 9.32. The molecule has 2 atom stereocenters. The zero-order valence-corrected chi connectivity index (χ0v) is 18.9. The summed E-state index contributed by atoms with van der Waals surface area (Å²) in [6.07, 6.45) is -11.8. The van der Waals surface area contributed by atoms with E-state index < -0.39 is 28.9 Å². The minimum Gasteiger partial charge on any atom is -0.369 e. The van der Waals surface area contributed by atoms with Gasteiger partial charge < -0.3 is 5.11 Å². The van der Waals surface area contributed by atoms with E-state index in [4.69, 9.17) is 0 Å². The van der Waals surface area contributed by atoms with Gasteiger partial charge in [-0.15, -0.1) is 0 Å². The van der Waals surface area contributed by atoms with Crippen molar-refractivity contribution in [1.29, 1.82) is 0 Å². The van der Waals surface area contributed by atoms with E-state index >= 15 is 0 Å². The number of benzene rings is 3. The first kappa shape index (κ1) is 25.3. The number of likely N-dealkylation sites (tertiary alicyclic amines) is 1. The van der Waals surface area contributed by atoms with Crippen molar-refractivity contribution in [2.45, 2.75) is 42.8 Å². The van der Waals surface area contributed by atoms with Gasteiger partial charge in [-0.05, 0) is 16.7 Å². The molecular formula is C27H25F6NO. The normalized spacial score (nSPS) is 21.9. The van der Waals surface area contributed by atoms with Crippen LogP contribution in [0.5, 0.6) is 0 Å². The smallest absolute Gasteiger partial charge is 0.369 e. The standard InChI is InChI=1S/C27H25F6NO/c1-24(21-10-6-3-7-11-21)18-34(16-19-8-4-2-5-9-19)17-23(24)20-12-14-22(15-13-20)25(35,26(28,29)30)27(31,32)33/h2-15,23,35H,16-18H2,1H3/t23-,24+/m0/s1. The van der Waals surface area contributed by atoms with E-state index in [0.717, 1.165) is 23.3 Å². The third-order valence-corrected chi connectivity index (χ3v) is 7.00. The van der Waals surface area contributed by atoms with Crippen LogP contribution < -0.4 is 0 Å². The van der Waals surface area contributed by atoms with Crippen molar-refractivity contribution in [3.05, 3.63) is 107 Å². The van der Waals surface area contributed by atoms with Gasteiger partial charge in [0.05, 0.1) is 0 Å². The predicted molar refractivity (Wildman–Crippen MR) is 121 cm³/mol. The summed E-state index contributed by atoms with van der Waals surface area (Å²) in [5.41, 5.74) is -3.85. The Kier molecular flexibility index (Phi) is 6.49. The highest BCUT2D eigenvalue weighted by Crippen LogP contribution is 2.51. The summed E-state index contributed by atoms with van der Waals surface area (Å²) in [5.74, 6) is -0.187. The maximum atomic E-state index is 13.3. The summed E-state index contributed by atoms with van der Waals surface area (Å²) < 4.78 is 79.9. The van der Waals surface area contributed by atoms with Gasteiger partial charge in [0.25, 0.3) is 5.60 Å². The van der Waals surface area contributed by atoms with Gasteiger partial charge in [0.2, 0.25) is 0 Å². The Bertz CT molecular complexity index is 1110. The molecule has 1 saturated heterocycles. The van der Waals surface area contributed by atoms with Crippen molar-refractivity contribution in [3.63, 3.8) is 0 Å². The van der Waals surface area contributed by atoms with Crippen molar-refractivity contribution in [1.82, 2.24) is 4.90 Å². The van der Waals surface area contributed by atoms with Crippen LogP contribution in [0.3, 0.4) is 0 Å². The van der Waals surface area contributed by atoms with Crippen LogP contribution in [-0.4, -0.2) is 35.4 Å². The van der Waals surface area contributed by atoms with E-state index in [1.165, 1.54) is 12.1 Å². The Morgan fingerprint density at radius 2 is 1.31 bits per heavy atom. The first-order valence-corrected chi connectivity index (χ1v) is 11.1. The van der Waals surface area contributed by atoms with E-state index in [1.807, 2.05) is 60.7 Å². The quantitative estimate of drug-likeness (QED) is 0.407. The molecule has 35 heavy (non-hydrogen) atoms. The summed E-state index contributed by atoms with van der Waals surface area (Å²) in [6, 6.07) is 23.5. The third kappa shape index (κ3) is 4.57. The molecule has 8 heteroatoms. The Morgan fingerprint density at radius 1 is 0.800 bits per heavy atom. The molecule has 0 aliphatic carbocycles. The lowest BCUT2D eigenvalue weighted by Crippen LogP contribution is -2.53. The van der Waals surface area contributed by atoms with Crippen LogP contribution in [0, 0.1) is 0 Å². The molecule has 186 valence electrons. The van der Waals surface area contributed by atoms with Crippen LogP contribution in [0.15, 0.2) is 84.9 Å². The molecule has 3 aromatic carbocycles. The minimum absolute atomic E-state index is 0.187. The molecule has 1 heterocycles. The molecule has 4 rings (SSSR count). The van der Waals surface area contributed by atoms with Crippen LogP contribution >= 0.6 is 0 Å². The van der Waals surface area contributed by atoms with Crippen molar-refractivity contribution in [2.75, 3.05) is 13.1 Å². The molecule has 0 aromatic heterocycles. The molecule has 1 fully saturated rings. The summed E-state index contributed by atoms with van der Waals surface area (Å²) in [6.45, 7) is 3.96. The fourth-order valence-electron chi connectivity index (χ4n) is 5.09. The monoisotopic (exact) mass is 493 g/mol. The van der Waals surface area contributed by atoms with Crippen molar-refractivity contribution < 1.29 is 31.4 Å². The third-order valence-electron chi connectivity index (χ3n) is 7.00. The maximum absolute atomic E-state index is 13.3. The van der Waals surface area contributed by atoms with Gasteiger partial charge in [0.15, 0.2) is 0 Å². The van der Waals surface area contributed by atoms with Gasteiger partial charge in [0.1, 0.15) is 0 Å². The van der Waals surface area contributed by atoms with Gasteiger partial charge in [-0.25, -0.2) is 0 Å². The lowest BCUT2D eigenvalue weighted by atomic mass is 9.71. The zero-order valence-electron chi connectivity index (χ0n) is 18.9. The molecule has 0 amide bonds. The van der Waals surface area contributed by atoms with Gasteiger partial charge in [-0.1, -0.05) is 91.9 Å². The molecule has 1 N–H and O–H groups in total. The summed E-state index contributed by atoms with van der Waals surface area (Å²) in [4.78, 5) is 2.24. The number of nitrogens with zero attached hydrogens (tertiary/aromatic N) is 1. The van der Waals surface area contributed by atoms with Crippen LogP contribution in [0.2, 0.25) is 0 Å². The molecule has 2 nitrogen and oxygen atoms in total. The first-order valence-electron chi connectivity index (χ1n) is 11.1. The largest absolute Gasteiger partial charge is 0.430 e. The maximum Gasteiger partial charge on any atom is 0.430 e. The topological polar surface area (TPSA) is 23.5 Å². The van der Waals surface area contributed by atoms with E-state index in [9.17, 15) is 31.4 Å².